The van der Waals surface area contributed by atoms with Gasteiger partial charge < -0.3 is 10.8 Å². The summed E-state index contributed by atoms with van der Waals surface area (Å²) in [5.41, 5.74) is 5.27. The molecule has 0 bridgehead atoms. The summed E-state index contributed by atoms with van der Waals surface area (Å²) in [5.74, 6) is -1.27. The maximum Gasteiger partial charge on any atom is 0.367 e. The molecule has 0 aromatic carbocycles. The van der Waals surface area contributed by atoms with Crippen LogP contribution in [0.3, 0.4) is 0 Å². The zero-order chi connectivity index (χ0) is 16.5. The second-order valence-electron chi connectivity index (χ2n) is 4.62. The first-order valence-corrected chi connectivity index (χ1v) is 9.14. The molecule has 1 aromatic rings. The van der Waals surface area contributed by atoms with Crippen LogP contribution in [0.1, 0.15) is 56.3 Å². The summed E-state index contributed by atoms with van der Waals surface area (Å²) in [7, 11) is -3.51. The van der Waals surface area contributed by atoms with Gasteiger partial charge in [-0.25, -0.2) is 13.2 Å². The molecule has 3 N–H and O–H groups in total. The van der Waals surface area contributed by atoms with Gasteiger partial charge in [0.1, 0.15) is 0 Å². The molecule has 0 spiro atoms. The predicted octanol–water partition coefficient (Wildman–Crippen LogP) is 1.94. The van der Waals surface area contributed by atoms with Crippen LogP contribution in [0.15, 0.2) is 4.34 Å². The average molecular weight is 337 g/mol. The molecule has 0 amide bonds. The summed E-state index contributed by atoms with van der Waals surface area (Å²) in [6, 6.07) is 0. The SMILES string of the molecule is CC(C)S(=O)(=O)c1nnc(C(=O)O)s1.CCCCCCN. The van der Waals surface area contributed by atoms with Gasteiger partial charge >= 0.3 is 5.97 Å². The predicted molar refractivity (Wildman–Crippen MR) is 82.4 cm³/mol. The van der Waals surface area contributed by atoms with Crippen molar-refractivity contribution in [1.29, 1.82) is 0 Å². The summed E-state index contributed by atoms with van der Waals surface area (Å²) in [4.78, 5) is 10.4. The van der Waals surface area contributed by atoms with E-state index in [2.05, 4.69) is 17.1 Å². The summed E-state index contributed by atoms with van der Waals surface area (Å²) in [6.07, 6.45) is 5.16. The second kappa shape index (κ2) is 9.80. The Kier molecular flexibility index (Phi) is 9.31. The molecule has 9 heteroatoms. The molecular weight excluding hydrogens is 314 g/mol. The molecule has 0 saturated carbocycles. The van der Waals surface area contributed by atoms with E-state index in [1.54, 1.807) is 0 Å². The van der Waals surface area contributed by atoms with Gasteiger partial charge in [0.2, 0.25) is 19.2 Å². The van der Waals surface area contributed by atoms with Crippen LogP contribution in [0.25, 0.3) is 0 Å². The van der Waals surface area contributed by atoms with Crippen molar-refractivity contribution in [3.63, 3.8) is 0 Å². The summed E-state index contributed by atoms with van der Waals surface area (Å²) >= 11 is 0.567. The molecule has 122 valence electrons. The Labute approximate surface area is 129 Å². The van der Waals surface area contributed by atoms with Crippen molar-refractivity contribution < 1.29 is 18.3 Å². The van der Waals surface area contributed by atoms with Gasteiger partial charge in [-0.2, -0.15) is 0 Å². The van der Waals surface area contributed by atoms with Crippen LogP contribution in [-0.2, 0) is 9.84 Å². The molecule has 1 heterocycles. The van der Waals surface area contributed by atoms with Crippen LogP contribution >= 0.6 is 11.3 Å². The molecule has 0 fully saturated rings. The molecule has 0 aliphatic rings. The fraction of sp³-hybridized carbons (Fsp3) is 0.750. The van der Waals surface area contributed by atoms with Crippen molar-refractivity contribution in [2.75, 3.05) is 6.54 Å². The monoisotopic (exact) mass is 337 g/mol. The molecule has 21 heavy (non-hydrogen) atoms. The third kappa shape index (κ3) is 6.96. The Morgan fingerprint density at radius 3 is 2.29 bits per heavy atom. The summed E-state index contributed by atoms with van der Waals surface area (Å²) in [6.45, 7) is 6.06. The van der Waals surface area contributed by atoms with E-state index in [1.807, 2.05) is 0 Å². The van der Waals surface area contributed by atoms with Gasteiger partial charge in [-0.3, -0.25) is 0 Å². The van der Waals surface area contributed by atoms with Crippen LogP contribution in [0, 0.1) is 0 Å². The molecule has 0 radical (unpaired) electrons. The Balaban J connectivity index is 0.000000486. The Hall–Kier alpha value is -1.06. The van der Waals surface area contributed by atoms with E-state index in [4.69, 9.17) is 10.8 Å². The summed E-state index contributed by atoms with van der Waals surface area (Å²) in [5, 5.41) is 14.2. The molecule has 0 aliphatic carbocycles. The van der Waals surface area contributed by atoms with E-state index >= 15 is 0 Å². The van der Waals surface area contributed by atoms with Crippen molar-refractivity contribution in [1.82, 2.24) is 10.2 Å². The number of carbonyl (C=O) groups is 1. The highest BCUT2D eigenvalue weighted by atomic mass is 32.2. The molecular formula is C12H23N3O4S2. The van der Waals surface area contributed by atoms with Gasteiger partial charge in [0.25, 0.3) is 0 Å². The molecule has 0 aliphatic heterocycles. The smallest absolute Gasteiger partial charge is 0.367 e. The van der Waals surface area contributed by atoms with Crippen LogP contribution in [0.4, 0.5) is 0 Å². The first kappa shape index (κ1) is 19.9. The van der Waals surface area contributed by atoms with E-state index in [9.17, 15) is 13.2 Å². The van der Waals surface area contributed by atoms with E-state index in [0.29, 0.717) is 11.3 Å². The lowest BCUT2D eigenvalue weighted by Gasteiger charge is -2.01. The molecule has 1 aromatic heterocycles. The van der Waals surface area contributed by atoms with Crippen molar-refractivity contribution in [2.45, 2.75) is 56.0 Å². The van der Waals surface area contributed by atoms with Crippen LogP contribution < -0.4 is 5.73 Å². The third-order valence-electron chi connectivity index (χ3n) is 2.51. The largest absolute Gasteiger partial charge is 0.476 e. The van der Waals surface area contributed by atoms with Crippen molar-refractivity contribution >= 4 is 27.1 Å². The molecule has 1 rings (SSSR count). The van der Waals surface area contributed by atoms with Gasteiger partial charge in [-0.1, -0.05) is 37.5 Å². The first-order valence-electron chi connectivity index (χ1n) is 6.78. The van der Waals surface area contributed by atoms with E-state index in [-0.39, 0.29) is 9.35 Å². The number of nitrogens with zero attached hydrogens (tertiary/aromatic N) is 2. The number of unbranched alkanes of at least 4 members (excludes halogenated alkanes) is 3. The normalized spacial score (nSPS) is 11.1. The number of nitrogens with two attached hydrogens (primary N) is 1. The van der Waals surface area contributed by atoms with Gasteiger partial charge in [0, 0.05) is 0 Å². The molecule has 7 nitrogen and oxygen atoms in total. The lowest BCUT2D eigenvalue weighted by atomic mass is 10.2. The number of aromatic nitrogens is 2. The average Bonchev–Trinajstić information content (AvgIpc) is 2.90. The fourth-order valence-electron chi connectivity index (χ4n) is 1.18. The highest BCUT2D eigenvalue weighted by Crippen LogP contribution is 2.19. The van der Waals surface area contributed by atoms with Crippen molar-refractivity contribution in [2.24, 2.45) is 5.73 Å². The molecule has 0 saturated heterocycles. The third-order valence-corrected chi connectivity index (χ3v) is 5.97. The maximum atomic E-state index is 11.5. The van der Waals surface area contributed by atoms with Crippen LogP contribution in [0.2, 0.25) is 0 Å². The number of aromatic carboxylic acids is 1. The Morgan fingerprint density at radius 1 is 1.29 bits per heavy atom. The molecule has 0 unspecified atom stereocenters. The van der Waals surface area contributed by atoms with Gasteiger partial charge in [-0.05, 0) is 26.8 Å². The highest BCUT2D eigenvalue weighted by Gasteiger charge is 2.25. The number of rotatable bonds is 7. The van der Waals surface area contributed by atoms with E-state index in [1.165, 1.54) is 39.5 Å². The first-order chi connectivity index (χ1) is 9.77. The zero-order valence-electron chi connectivity index (χ0n) is 12.6. The van der Waals surface area contributed by atoms with E-state index < -0.39 is 21.1 Å². The highest BCUT2D eigenvalue weighted by molar-refractivity contribution is 7.93. The van der Waals surface area contributed by atoms with Gasteiger partial charge in [0.15, 0.2) is 0 Å². The van der Waals surface area contributed by atoms with Crippen LogP contribution in [-0.4, -0.2) is 41.5 Å². The minimum atomic E-state index is -3.51. The second-order valence-corrected chi connectivity index (χ2v) is 8.28. The minimum Gasteiger partial charge on any atom is -0.476 e. The lowest BCUT2D eigenvalue weighted by Crippen LogP contribution is -2.13. The number of hydrogen-bond donors (Lipinski definition) is 2. The van der Waals surface area contributed by atoms with E-state index in [0.717, 1.165) is 6.54 Å². The minimum absolute atomic E-state index is 0.245. The number of carboxylic acids is 1. The maximum absolute atomic E-state index is 11.5. The Morgan fingerprint density at radius 2 is 1.90 bits per heavy atom. The van der Waals surface area contributed by atoms with Crippen molar-refractivity contribution in [3.8, 4) is 0 Å². The topological polar surface area (TPSA) is 123 Å². The van der Waals surface area contributed by atoms with Crippen molar-refractivity contribution in [3.05, 3.63) is 5.01 Å². The zero-order valence-corrected chi connectivity index (χ0v) is 14.2. The van der Waals surface area contributed by atoms with Gasteiger partial charge in [0.05, 0.1) is 5.25 Å². The standard InChI is InChI=1S/C6H8N2O4S2.C6H15N/c1-3(2)14(11,12)6-8-7-4(13-6)5(9)10;1-2-3-4-5-6-7/h3H,1-2H3,(H,9,10);2-7H2,1H3. The fourth-order valence-corrected chi connectivity index (χ4v) is 3.44. The van der Waals surface area contributed by atoms with Crippen LogP contribution in [0.5, 0.6) is 0 Å². The number of sulfone groups is 1. The lowest BCUT2D eigenvalue weighted by molar-refractivity contribution is 0.0695. The number of hydrogen-bond acceptors (Lipinski definition) is 7. The quantitative estimate of drug-likeness (QED) is 0.729. The Bertz CT molecular complexity index is 522. The summed E-state index contributed by atoms with van der Waals surface area (Å²) < 4.78 is 22.7. The number of carboxylic acid groups (broad SMARTS) is 1. The molecule has 0 atom stereocenters. The van der Waals surface area contributed by atoms with Gasteiger partial charge in [-0.15, -0.1) is 10.2 Å².